The number of rotatable bonds is 5. The number of methoxy groups -OCH3 is 1. The van der Waals surface area contributed by atoms with Crippen LogP contribution in [-0.2, 0) is 0 Å². The van der Waals surface area contributed by atoms with Crippen LogP contribution in [0.5, 0.6) is 11.5 Å². The lowest BCUT2D eigenvalue weighted by Gasteiger charge is -2.20. The first-order valence-electron chi connectivity index (χ1n) is 6.07. The Morgan fingerprint density at radius 2 is 2.16 bits per heavy atom. The SMILES string of the molecule is CCN(CC)C(=S)N/N=C/c1cc(OC)ccc1O. The number of hydrogen-bond acceptors (Lipinski definition) is 4. The number of phenolic OH excluding ortho intramolecular Hbond substituents is 1. The second-order valence-electron chi connectivity index (χ2n) is 3.77. The van der Waals surface area contributed by atoms with Gasteiger partial charge in [-0.15, -0.1) is 0 Å². The standard InChI is InChI=1S/C13H19N3O2S/c1-4-16(5-2)13(19)15-14-9-10-8-11(18-3)6-7-12(10)17/h6-9,17H,4-5H2,1-3H3,(H,15,19)/b14-9+. The van der Waals surface area contributed by atoms with Gasteiger partial charge in [-0.2, -0.15) is 5.10 Å². The van der Waals surface area contributed by atoms with Gasteiger partial charge in [-0.05, 0) is 44.3 Å². The summed E-state index contributed by atoms with van der Waals surface area (Å²) in [5.41, 5.74) is 3.34. The van der Waals surface area contributed by atoms with Gasteiger partial charge < -0.3 is 14.7 Å². The van der Waals surface area contributed by atoms with E-state index in [1.165, 1.54) is 6.21 Å². The van der Waals surface area contributed by atoms with Gasteiger partial charge in [0.1, 0.15) is 11.5 Å². The molecule has 0 fully saturated rings. The summed E-state index contributed by atoms with van der Waals surface area (Å²) in [7, 11) is 1.57. The Bertz CT molecular complexity index is 459. The summed E-state index contributed by atoms with van der Waals surface area (Å²) in [6.45, 7) is 5.69. The second kappa shape index (κ2) is 7.58. The third-order valence-corrected chi connectivity index (χ3v) is 3.00. The molecule has 0 radical (unpaired) electrons. The van der Waals surface area contributed by atoms with Crippen molar-refractivity contribution < 1.29 is 9.84 Å². The normalized spacial score (nSPS) is 10.5. The summed E-state index contributed by atoms with van der Waals surface area (Å²) < 4.78 is 5.08. The molecule has 0 bridgehead atoms. The molecule has 19 heavy (non-hydrogen) atoms. The minimum Gasteiger partial charge on any atom is -0.507 e. The topological polar surface area (TPSA) is 57.1 Å². The van der Waals surface area contributed by atoms with Gasteiger partial charge in [0.05, 0.1) is 13.3 Å². The van der Waals surface area contributed by atoms with Crippen molar-refractivity contribution in [3.05, 3.63) is 23.8 Å². The van der Waals surface area contributed by atoms with Gasteiger partial charge in [0.25, 0.3) is 0 Å². The number of thiocarbonyl (C=S) groups is 1. The van der Waals surface area contributed by atoms with E-state index in [1.54, 1.807) is 25.3 Å². The summed E-state index contributed by atoms with van der Waals surface area (Å²) in [6, 6.07) is 4.94. The van der Waals surface area contributed by atoms with Crippen LogP contribution >= 0.6 is 12.2 Å². The molecule has 104 valence electrons. The molecule has 0 aliphatic carbocycles. The Kier molecular flexibility index (Phi) is 6.08. The summed E-state index contributed by atoms with van der Waals surface area (Å²) >= 11 is 5.18. The number of nitrogens with zero attached hydrogens (tertiary/aromatic N) is 2. The van der Waals surface area contributed by atoms with Crippen molar-refractivity contribution in [3.8, 4) is 11.5 Å². The van der Waals surface area contributed by atoms with E-state index >= 15 is 0 Å². The molecule has 0 saturated heterocycles. The number of benzene rings is 1. The van der Waals surface area contributed by atoms with Crippen LogP contribution in [0, 0.1) is 0 Å². The predicted octanol–water partition coefficient (Wildman–Crippen LogP) is 1.95. The van der Waals surface area contributed by atoms with Crippen molar-refractivity contribution >= 4 is 23.5 Å². The van der Waals surface area contributed by atoms with E-state index in [4.69, 9.17) is 17.0 Å². The maximum atomic E-state index is 9.68. The van der Waals surface area contributed by atoms with E-state index < -0.39 is 0 Å². The molecule has 0 saturated carbocycles. The monoisotopic (exact) mass is 281 g/mol. The molecule has 0 aliphatic rings. The minimum atomic E-state index is 0.139. The minimum absolute atomic E-state index is 0.139. The Morgan fingerprint density at radius 3 is 2.74 bits per heavy atom. The second-order valence-corrected chi connectivity index (χ2v) is 4.16. The Hall–Kier alpha value is -1.82. The van der Waals surface area contributed by atoms with Crippen LogP contribution in [0.2, 0.25) is 0 Å². The molecule has 0 heterocycles. The maximum absolute atomic E-state index is 9.68. The lowest BCUT2D eigenvalue weighted by Crippen LogP contribution is -2.37. The molecule has 0 aliphatic heterocycles. The smallest absolute Gasteiger partial charge is 0.189 e. The number of hydrazone groups is 1. The number of nitrogens with one attached hydrogen (secondary N) is 1. The van der Waals surface area contributed by atoms with Crippen LogP contribution in [0.1, 0.15) is 19.4 Å². The Morgan fingerprint density at radius 1 is 1.47 bits per heavy atom. The van der Waals surface area contributed by atoms with Crippen molar-refractivity contribution in [2.75, 3.05) is 20.2 Å². The number of phenols is 1. The highest BCUT2D eigenvalue weighted by molar-refractivity contribution is 7.80. The summed E-state index contributed by atoms with van der Waals surface area (Å²) in [6.07, 6.45) is 1.51. The molecule has 0 spiro atoms. The van der Waals surface area contributed by atoms with E-state index in [-0.39, 0.29) is 5.75 Å². The van der Waals surface area contributed by atoms with Crippen LogP contribution < -0.4 is 10.2 Å². The van der Waals surface area contributed by atoms with Gasteiger partial charge in [-0.25, -0.2) is 0 Å². The zero-order valence-corrected chi connectivity index (χ0v) is 12.2. The molecular formula is C13H19N3O2S. The van der Waals surface area contributed by atoms with Crippen LogP contribution in [0.4, 0.5) is 0 Å². The molecule has 0 amide bonds. The number of aromatic hydroxyl groups is 1. The van der Waals surface area contributed by atoms with Gasteiger partial charge >= 0.3 is 0 Å². The van der Waals surface area contributed by atoms with Crippen LogP contribution in [0.25, 0.3) is 0 Å². The van der Waals surface area contributed by atoms with E-state index in [0.29, 0.717) is 16.4 Å². The van der Waals surface area contributed by atoms with E-state index in [0.717, 1.165) is 13.1 Å². The van der Waals surface area contributed by atoms with Crippen LogP contribution in [0.15, 0.2) is 23.3 Å². The largest absolute Gasteiger partial charge is 0.507 e. The highest BCUT2D eigenvalue weighted by Crippen LogP contribution is 2.20. The van der Waals surface area contributed by atoms with E-state index in [1.807, 2.05) is 18.7 Å². The zero-order chi connectivity index (χ0) is 14.3. The Balaban J connectivity index is 2.69. The van der Waals surface area contributed by atoms with Crippen molar-refractivity contribution in [1.29, 1.82) is 0 Å². The number of hydrogen-bond donors (Lipinski definition) is 2. The third-order valence-electron chi connectivity index (χ3n) is 2.65. The fraction of sp³-hybridized carbons (Fsp3) is 0.385. The quantitative estimate of drug-likeness (QED) is 0.491. The van der Waals surface area contributed by atoms with E-state index in [2.05, 4.69) is 10.5 Å². The van der Waals surface area contributed by atoms with Crippen molar-refractivity contribution in [1.82, 2.24) is 10.3 Å². The molecule has 6 heteroatoms. The lowest BCUT2D eigenvalue weighted by atomic mass is 10.2. The highest BCUT2D eigenvalue weighted by Gasteiger charge is 2.03. The van der Waals surface area contributed by atoms with Gasteiger partial charge in [-0.3, -0.25) is 5.43 Å². The molecule has 5 nitrogen and oxygen atoms in total. The molecular weight excluding hydrogens is 262 g/mol. The van der Waals surface area contributed by atoms with Gasteiger partial charge in [0.2, 0.25) is 0 Å². The fourth-order valence-electron chi connectivity index (χ4n) is 1.50. The lowest BCUT2D eigenvalue weighted by molar-refractivity contribution is 0.412. The van der Waals surface area contributed by atoms with Crippen molar-refractivity contribution in [2.45, 2.75) is 13.8 Å². The molecule has 1 aromatic carbocycles. The van der Waals surface area contributed by atoms with Crippen LogP contribution in [-0.4, -0.2) is 41.5 Å². The average molecular weight is 281 g/mol. The third kappa shape index (κ3) is 4.40. The molecule has 2 N–H and O–H groups in total. The summed E-state index contributed by atoms with van der Waals surface area (Å²) in [5.74, 6) is 0.797. The van der Waals surface area contributed by atoms with E-state index in [9.17, 15) is 5.11 Å². The van der Waals surface area contributed by atoms with Gasteiger partial charge in [-0.1, -0.05) is 0 Å². The average Bonchev–Trinajstić information content (AvgIpc) is 2.42. The number of ether oxygens (including phenoxy) is 1. The maximum Gasteiger partial charge on any atom is 0.189 e. The molecule has 0 aromatic heterocycles. The highest BCUT2D eigenvalue weighted by atomic mass is 32.1. The van der Waals surface area contributed by atoms with Crippen molar-refractivity contribution in [3.63, 3.8) is 0 Å². The first-order valence-corrected chi connectivity index (χ1v) is 6.48. The van der Waals surface area contributed by atoms with Crippen LogP contribution in [0.3, 0.4) is 0 Å². The molecule has 0 atom stereocenters. The molecule has 0 unspecified atom stereocenters. The predicted molar refractivity (Wildman–Crippen MR) is 80.9 cm³/mol. The Labute approximate surface area is 118 Å². The zero-order valence-electron chi connectivity index (χ0n) is 11.4. The van der Waals surface area contributed by atoms with Gasteiger partial charge in [0, 0.05) is 18.7 Å². The summed E-state index contributed by atoms with van der Waals surface area (Å²) in [4.78, 5) is 1.97. The first-order chi connectivity index (χ1) is 9.12. The molecule has 1 aromatic rings. The summed E-state index contributed by atoms with van der Waals surface area (Å²) in [5, 5.41) is 14.3. The fourth-order valence-corrected chi connectivity index (χ4v) is 1.81. The van der Waals surface area contributed by atoms with Gasteiger partial charge in [0.15, 0.2) is 5.11 Å². The first kappa shape index (κ1) is 15.2. The molecule has 1 rings (SSSR count). The van der Waals surface area contributed by atoms with Crippen molar-refractivity contribution in [2.24, 2.45) is 5.10 Å².